The van der Waals surface area contributed by atoms with Crippen LogP contribution in [0.5, 0.6) is 11.5 Å². The highest BCUT2D eigenvalue weighted by molar-refractivity contribution is 6.15. The Balaban J connectivity index is 1.62. The van der Waals surface area contributed by atoms with E-state index in [9.17, 15) is 9.59 Å². The summed E-state index contributed by atoms with van der Waals surface area (Å²) in [5.74, 6) is 0.951. The Hall–Kier alpha value is -4.12. The molecular weight excluding hydrogens is 378 g/mol. The molecule has 2 heterocycles. The maximum Gasteiger partial charge on any atom is 0.260 e. The van der Waals surface area contributed by atoms with Crippen molar-refractivity contribution in [3.63, 3.8) is 0 Å². The lowest BCUT2D eigenvalue weighted by Gasteiger charge is -2.11. The fourth-order valence-corrected chi connectivity index (χ4v) is 3.65. The molecule has 0 atom stereocenters. The summed E-state index contributed by atoms with van der Waals surface area (Å²) in [5.41, 5.74) is 2.64. The van der Waals surface area contributed by atoms with Crippen molar-refractivity contribution < 1.29 is 14.3 Å². The molecule has 3 aromatic carbocycles. The number of H-pyrrole nitrogens is 1. The van der Waals surface area contributed by atoms with Gasteiger partial charge in [0, 0.05) is 16.5 Å². The zero-order valence-electron chi connectivity index (χ0n) is 15.9. The average molecular weight is 395 g/mol. The number of ketones is 1. The van der Waals surface area contributed by atoms with E-state index in [0.29, 0.717) is 22.6 Å². The Morgan fingerprint density at radius 1 is 0.900 bits per heavy atom. The van der Waals surface area contributed by atoms with E-state index in [4.69, 9.17) is 9.47 Å². The first-order valence-electron chi connectivity index (χ1n) is 9.53. The number of benzene rings is 3. The molecule has 1 aliphatic rings. The summed E-state index contributed by atoms with van der Waals surface area (Å²) in [6, 6.07) is 22.4. The van der Waals surface area contributed by atoms with Gasteiger partial charge in [0.15, 0.2) is 17.3 Å². The van der Waals surface area contributed by atoms with Gasteiger partial charge in [-0.15, -0.1) is 0 Å². The first kappa shape index (κ1) is 17.9. The van der Waals surface area contributed by atoms with Gasteiger partial charge >= 0.3 is 0 Å². The molecule has 5 rings (SSSR count). The maximum absolute atomic E-state index is 13.1. The normalized spacial score (nSPS) is 12.5. The van der Waals surface area contributed by atoms with Gasteiger partial charge in [-0.25, -0.2) is 0 Å². The van der Waals surface area contributed by atoms with Gasteiger partial charge in [-0.3, -0.25) is 9.59 Å². The minimum absolute atomic E-state index is 0.122. The van der Waals surface area contributed by atoms with E-state index in [1.807, 2.05) is 60.7 Å². The van der Waals surface area contributed by atoms with Crippen LogP contribution in [0.15, 0.2) is 83.7 Å². The number of aromatic nitrogens is 1. The van der Waals surface area contributed by atoms with Gasteiger partial charge < -0.3 is 14.5 Å². The van der Waals surface area contributed by atoms with Crippen LogP contribution in [0.25, 0.3) is 28.1 Å². The van der Waals surface area contributed by atoms with Crippen LogP contribution in [0.4, 0.5) is 0 Å². The molecule has 146 valence electrons. The summed E-state index contributed by atoms with van der Waals surface area (Å²) in [6.45, 7) is 0.189. The summed E-state index contributed by atoms with van der Waals surface area (Å²) in [5, 5.41) is 0.822. The number of hydrogen-bond acceptors (Lipinski definition) is 4. The fraction of sp³-hybridized carbons (Fsp3) is 0.0400. The largest absolute Gasteiger partial charge is 0.454 e. The van der Waals surface area contributed by atoms with Gasteiger partial charge in [0.1, 0.15) is 0 Å². The van der Waals surface area contributed by atoms with Crippen LogP contribution >= 0.6 is 0 Å². The number of allylic oxidation sites excluding steroid dienone is 1. The third-order valence-electron chi connectivity index (χ3n) is 5.05. The lowest BCUT2D eigenvalue weighted by Crippen LogP contribution is -2.18. The number of carbonyl (C=O) groups is 1. The van der Waals surface area contributed by atoms with Gasteiger partial charge in [0.2, 0.25) is 6.79 Å². The van der Waals surface area contributed by atoms with E-state index in [2.05, 4.69) is 4.98 Å². The van der Waals surface area contributed by atoms with E-state index in [0.717, 1.165) is 16.5 Å². The number of para-hydroxylation sites is 1. The van der Waals surface area contributed by atoms with E-state index in [1.54, 1.807) is 18.2 Å². The fourth-order valence-electron chi connectivity index (χ4n) is 3.65. The molecule has 0 aliphatic carbocycles. The van der Waals surface area contributed by atoms with Crippen LogP contribution < -0.4 is 15.0 Å². The van der Waals surface area contributed by atoms with Crippen molar-refractivity contribution in [3.8, 4) is 22.6 Å². The van der Waals surface area contributed by atoms with E-state index in [-0.39, 0.29) is 18.1 Å². The highest BCUT2D eigenvalue weighted by Gasteiger charge is 2.19. The monoisotopic (exact) mass is 395 g/mol. The minimum Gasteiger partial charge on any atom is -0.454 e. The van der Waals surface area contributed by atoms with Crippen LogP contribution in [0.3, 0.4) is 0 Å². The lowest BCUT2D eigenvalue weighted by atomic mass is 9.94. The number of pyridine rings is 1. The van der Waals surface area contributed by atoms with Gasteiger partial charge in [0.05, 0.1) is 5.56 Å². The number of fused-ring (bicyclic) bond motifs is 2. The molecule has 1 aliphatic heterocycles. The quantitative estimate of drug-likeness (QED) is 0.397. The van der Waals surface area contributed by atoms with Crippen LogP contribution in [-0.2, 0) is 0 Å². The SMILES string of the molecule is O=C(C=Cc1ccc2c(c1)OCO2)c1c(-c2ccccc2)c2ccccc2[nH]c1=O. The predicted molar refractivity (Wildman–Crippen MR) is 116 cm³/mol. The van der Waals surface area contributed by atoms with Crippen molar-refractivity contribution in [2.45, 2.75) is 0 Å². The zero-order chi connectivity index (χ0) is 20.5. The molecule has 0 amide bonds. The Labute approximate surface area is 172 Å². The molecule has 30 heavy (non-hydrogen) atoms. The molecule has 0 spiro atoms. The molecule has 0 bridgehead atoms. The Bertz CT molecular complexity index is 1350. The molecule has 1 aromatic heterocycles. The molecule has 0 unspecified atom stereocenters. The molecule has 5 heteroatoms. The molecule has 0 radical (unpaired) electrons. The minimum atomic E-state index is -0.409. The van der Waals surface area contributed by atoms with Crippen molar-refractivity contribution in [3.05, 3.63) is 100 Å². The van der Waals surface area contributed by atoms with E-state index in [1.165, 1.54) is 6.08 Å². The molecule has 0 saturated heterocycles. The molecule has 0 saturated carbocycles. The van der Waals surface area contributed by atoms with Crippen molar-refractivity contribution >= 4 is 22.8 Å². The Morgan fingerprint density at radius 2 is 1.67 bits per heavy atom. The van der Waals surface area contributed by atoms with Crippen LogP contribution in [0.1, 0.15) is 15.9 Å². The second-order valence-electron chi connectivity index (χ2n) is 6.93. The molecule has 4 aromatic rings. The van der Waals surface area contributed by atoms with Gasteiger partial charge in [-0.1, -0.05) is 60.7 Å². The molecule has 1 N–H and O–H groups in total. The van der Waals surface area contributed by atoms with Crippen LogP contribution in [0.2, 0.25) is 0 Å². The summed E-state index contributed by atoms with van der Waals surface area (Å²) >= 11 is 0. The average Bonchev–Trinajstić information content (AvgIpc) is 3.25. The third-order valence-corrected chi connectivity index (χ3v) is 5.05. The molecule has 5 nitrogen and oxygen atoms in total. The van der Waals surface area contributed by atoms with Crippen LogP contribution in [-0.4, -0.2) is 17.6 Å². The van der Waals surface area contributed by atoms with Gasteiger partial charge in [0.25, 0.3) is 5.56 Å². The highest BCUT2D eigenvalue weighted by atomic mass is 16.7. The first-order valence-corrected chi connectivity index (χ1v) is 9.53. The Kier molecular flexibility index (Phi) is 4.41. The third kappa shape index (κ3) is 3.16. The highest BCUT2D eigenvalue weighted by Crippen LogP contribution is 2.33. The van der Waals surface area contributed by atoms with Gasteiger partial charge in [-0.05, 0) is 35.4 Å². The summed E-state index contributed by atoms with van der Waals surface area (Å²) in [7, 11) is 0. The second-order valence-corrected chi connectivity index (χ2v) is 6.93. The summed E-state index contributed by atoms with van der Waals surface area (Å²) in [6.07, 6.45) is 3.09. The number of carbonyl (C=O) groups excluding carboxylic acids is 1. The van der Waals surface area contributed by atoms with Crippen molar-refractivity contribution in [2.24, 2.45) is 0 Å². The zero-order valence-corrected chi connectivity index (χ0v) is 15.9. The van der Waals surface area contributed by atoms with Crippen LogP contribution in [0, 0.1) is 0 Å². The topological polar surface area (TPSA) is 68.4 Å². The van der Waals surface area contributed by atoms with Crippen molar-refractivity contribution in [1.82, 2.24) is 4.98 Å². The number of rotatable bonds is 4. The van der Waals surface area contributed by atoms with Crippen molar-refractivity contribution in [2.75, 3.05) is 6.79 Å². The maximum atomic E-state index is 13.1. The number of aromatic amines is 1. The summed E-state index contributed by atoms with van der Waals surface area (Å²) < 4.78 is 10.7. The number of hydrogen-bond donors (Lipinski definition) is 1. The summed E-state index contributed by atoms with van der Waals surface area (Å²) in [4.78, 5) is 28.9. The van der Waals surface area contributed by atoms with E-state index >= 15 is 0 Å². The second kappa shape index (κ2) is 7.37. The molecule has 0 fully saturated rings. The van der Waals surface area contributed by atoms with Gasteiger partial charge in [-0.2, -0.15) is 0 Å². The smallest absolute Gasteiger partial charge is 0.260 e. The number of nitrogens with one attached hydrogen (secondary N) is 1. The number of ether oxygens (including phenoxy) is 2. The lowest BCUT2D eigenvalue weighted by molar-refractivity contribution is 0.104. The van der Waals surface area contributed by atoms with Crippen molar-refractivity contribution in [1.29, 1.82) is 0 Å². The molecular formula is C25H17NO4. The Morgan fingerprint density at radius 3 is 2.53 bits per heavy atom. The standard InChI is InChI=1S/C25H17NO4/c27-20(12-10-16-11-13-21-22(14-16)30-15-29-21)24-23(17-6-2-1-3-7-17)18-8-4-5-9-19(18)26-25(24)28/h1-14H,15H2,(H,26,28). The predicted octanol–water partition coefficient (Wildman–Crippen LogP) is 4.82. The first-order chi connectivity index (χ1) is 14.7. The van der Waals surface area contributed by atoms with E-state index < -0.39 is 5.56 Å².